The minimum Gasteiger partial charge on any atom is -0.480 e. The van der Waals surface area contributed by atoms with Crippen LogP contribution in [0.1, 0.15) is 23.7 Å². The first kappa shape index (κ1) is 22.6. The summed E-state index contributed by atoms with van der Waals surface area (Å²) in [4.78, 5) is 34.0. The minimum absolute atomic E-state index is 0.00903. The number of ether oxygens (including phenoxy) is 1. The summed E-state index contributed by atoms with van der Waals surface area (Å²) in [5.74, 6) is -2.23. The third-order valence-corrected chi connectivity index (χ3v) is 5.56. The number of thioether (sulfide) groups is 1. The number of ketones is 1. The maximum absolute atomic E-state index is 12.7. The zero-order chi connectivity index (χ0) is 19.9. The van der Waals surface area contributed by atoms with Crippen molar-refractivity contribution in [3.8, 4) is 5.75 Å². The average molecular weight is 424 g/mol. The monoisotopic (exact) mass is 423 g/mol. The summed E-state index contributed by atoms with van der Waals surface area (Å²) < 4.78 is 5.01. The Labute approximate surface area is 164 Å². The van der Waals surface area contributed by atoms with Crippen molar-refractivity contribution >= 4 is 52.7 Å². The topological polar surface area (TPSA) is 127 Å². The van der Waals surface area contributed by atoms with Gasteiger partial charge in [0, 0.05) is 23.0 Å². The highest BCUT2D eigenvalue weighted by Crippen LogP contribution is 2.36. The molecule has 1 unspecified atom stereocenters. The van der Waals surface area contributed by atoms with Crippen molar-refractivity contribution < 1.29 is 29.3 Å². The fraction of sp³-hybridized carbons (Fsp3) is 0.438. The van der Waals surface area contributed by atoms with E-state index < -0.39 is 24.6 Å². The molecule has 0 spiro atoms. The van der Waals surface area contributed by atoms with Gasteiger partial charge in [-0.25, -0.2) is 4.79 Å². The number of carboxylic acid groups (broad SMARTS) is 2. The molecule has 144 valence electrons. The molecular weight excluding hydrogens is 405 g/mol. The molecule has 4 N–H and O–H groups in total. The number of Topliss-reactive ketones (excluding diaryl/α,β-unsaturated/α-hetero) is 1. The molecule has 1 aromatic carbocycles. The number of carbonyl (C=O) groups is 3. The molecule has 0 aliphatic rings. The van der Waals surface area contributed by atoms with E-state index in [0.717, 1.165) is 0 Å². The fourth-order valence-corrected chi connectivity index (χ4v) is 3.65. The maximum Gasteiger partial charge on any atom is 0.341 e. The molecule has 1 aromatic rings. The summed E-state index contributed by atoms with van der Waals surface area (Å²) in [5.41, 5.74) is 5.65. The highest BCUT2D eigenvalue weighted by molar-refractivity contribution is 7.99. The number of carboxylic acids is 2. The predicted molar refractivity (Wildman–Crippen MR) is 101 cm³/mol. The summed E-state index contributed by atoms with van der Waals surface area (Å²) in [7, 11) is 0. The van der Waals surface area contributed by atoms with Gasteiger partial charge in [-0.1, -0.05) is 30.1 Å². The van der Waals surface area contributed by atoms with Crippen LogP contribution >= 0.6 is 35.0 Å². The van der Waals surface area contributed by atoms with Gasteiger partial charge in [-0.3, -0.25) is 9.59 Å². The quantitative estimate of drug-likeness (QED) is 0.463. The zero-order valence-electron chi connectivity index (χ0n) is 13.9. The first-order chi connectivity index (χ1) is 12.2. The average Bonchev–Trinajstić information content (AvgIpc) is 2.59. The summed E-state index contributed by atoms with van der Waals surface area (Å²) in [6.07, 6.45) is 0.527. The first-order valence-corrected chi connectivity index (χ1v) is 9.53. The van der Waals surface area contributed by atoms with Gasteiger partial charge < -0.3 is 20.7 Å². The second-order valence-electron chi connectivity index (χ2n) is 5.37. The van der Waals surface area contributed by atoms with Crippen LogP contribution in [0.4, 0.5) is 0 Å². The molecule has 0 fully saturated rings. The second kappa shape index (κ2) is 10.6. The van der Waals surface area contributed by atoms with Crippen molar-refractivity contribution in [3.05, 3.63) is 27.7 Å². The van der Waals surface area contributed by atoms with Crippen LogP contribution in [0.5, 0.6) is 5.75 Å². The largest absolute Gasteiger partial charge is 0.480 e. The smallest absolute Gasteiger partial charge is 0.341 e. The number of benzene rings is 1. The van der Waals surface area contributed by atoms with Crippen molar-refractivity contribution in [2.45, 2.75) is 19.4 Å². The third kappa shape index (κ3) is 6.35. The number of aliphatic carboxylic acids is 2. The van der Waals surface area contributed by atoms with E-state index in [0.29, 0.717) is 12.2 Å². The number of hydrogen-bond acceptors (Lipinski definition) is 6. The molecule has 0 aliphatic carbocycles. The Morgan fingerprint density at radius 1 is 1.19 bits per heavy atom. The van der Waals surface area contributed by atoms with Crippen molar-refractivity contribution in [2.24, 2.45) is 11.7 Å². The summed E-state index contributed by atoms with van der Waals surface area (Å²) in [6, 6.07) is 1.84. The van der Waals surface area contributed by atoms with Gasteiger partial charge >= 0.3 is 11.9 Å². The maximum atomic E-state index is 12.7. The van der Waals surface area contributed by atoms with Crippen molar-refractivity contribution in [3.63, 3.8) is 0 Å². The zero-order valence-corrected chi connectivity index (χ0v) is 16.2. The molecule has 26 heavy (non-hydrogen) atoms. The lowest BCUT2D eigenvalue weighted by Crippen LogP contribution is -2.33. The van der Waals surface area contributed by atoms with Crippen LogP contribution in [-0.2, 0) is 9.59 Å². The lowest BCUT2D eigenvalue weighted by Gasteiger charge is -2.16. The second-order valence-corrected chi connectivity index (χ2v) is 7.20. The molecule has 2 atom stereocenters. The van der Waals surface area contributed by atoms with Gasteiger partial charge in [0.2, 0.25) is 0 Å². The van der Waals surface area contributed by atoms with Gasteiger partial charge in [-0.05, 0) is 18.6 Å². The van der Waals surface area contributed by atoms with E-state index in [9.17, 15) is 14.4 Å². The van der Waals surface area contributed by atoms with Gasteiger partial charge in [0.05, 0.1) is 5.02 Å². The number of carbonyl (C=O) groups excluding carboxylic acids is 1. The van der Waals surface area contributed by atoms with Gasteiger partial charge in [0.15, 0.2) is 12.4 Å². The van der Waals surface area contributed by atoms with Gasteiger partial charge in [-0.15, -0.1) is 0 Å². The van der Waals surface area contributed by atoms with E-state index in [1.165, 1.54) is 23.9 Å². The van der Waals surface area contributed by atoms with Crippen LogP contribution in [0, 0.1) is 5.92 Å². The fourth-order valence-electron chi connectivity index (χ4n) is 1.98. The van der Waals surface area contributed by atoms with Crippen LogP contribution in [0.15, 0.2) is 12.1 Å². The van der Waals surface area contributed by atoms with Gasteiger partial charge in [0.25, 0.3) is 0 Å². The molecule has 0 heterocycles. The van der Waals surface area contributed by atoms with Crippen LogP contribution in [0.2, 0.25) is 10.0 Å². The van der Waals surface area contributed by atoms with E-state index in [2.05, 4.69) is 0 Å². The lowest BCUT2D eigenvalue weighted by molar-refractivity contribution is -0.139. The van der Waals surface area contributed by atoms with E-state index in [-0.39, 0.29) is 38.8 Å². The number of nitrogens with two attached hydrogens (primary N) is 1. The highest BCUT2D eigenvalue weighted by Gasteiger charge is 2.24. The van der Waals surface area contributed by atoms with Gasteiger partial charge in [-0.2, -0.15) is 11.8 Å². The molecule has 1 rings (SSSR count). The Kier molecular flexibility index (Phi) is 9.21. The SMILES string of the molecule is CCC(CSC[C@H](N)C(=O)O)C(=O)c1ccc(OCC(=O)O)c(Cl)c1Cl. The molecule has 0 amide bonds. The Hall–Kier alpha value is -1.48. The molecule has 0 saturated carbocycles. The third-order valence-electron chi connectivity index (χ3n) is 3.46. The highest BCUT2D eigenvalue weighted by atomic mass is 35.5. The Balaban J connectivity index is 2.84. The van der Waals surface area contributed by atoms with Gasteiger partial charge in [0.1, 0.15) is 16.8 Å². The van der Waals surface area contributed by atoms with Crippen LogP contribution in [0.25, 0.3) is 0 Å². The number of halogens is 2. The molecule has 0 aromatic heterocycles. The minimum atomic E-state index is -1.17. The first-order valence-electron chi connectivity index (χ1n) is 7.61. The molecule has 0 saturated heterocycles. The van der Waals surface area contributed by atoms with Crippen LogP contribution in [-0.4, -0.2) is 52.1 Å². The molecule has 0 bridgehead atoms. The lowest BCUT2D eigenvalue weighted by atomic mass is 9.97. The van der Waals surface area contributed by atoms with Crippen LogP contribution < -0.4 is 10.5 Å². The normalized spacial score (nSPS) is 13.1. The summed E-state index contributed by atoms with van der Waals surface area (Å²) in [5, 5.41) is 17.4. The number of rotatable bonds is 11. The summed E-state index contributed by atoms with van der Waals surface area (Å²) in [6.45, 7) is 1.25. The van der Waals surface area contributed by atoms with E-state index in [4.69, 9.17) is 43.9 Å². The van der Waals surface area contributed by atoms with Crippen LogP contribution in [0.3, 0.4) is 0 Å². The molecule has 0 radical (unpaired) electrons. The van der Waals surface area contributed by atoms with E-state index in [1.807, 2.05) is 6.92 Å². The van der Waals surface area contributed by atoms with Crippen molar-refractivity contribution in [1.82, 2.24) is 0 Å². The number of hydrogen-bond donors (Lipinski definition) is 3. The summed E-state index contributed by atoms with van der Waals surface area (Å²) >= 11 is 13.5. The Bertz CT molecular complexity index is 685. The molecule has 0 aliphatic heterocycles. The Morgan fingerprint density at radius 3 is 2.38 bits per heavy atom. The van der Waals surface area contributed by atoms with Crippen molar-refractivity contribution in [1.29, 1.82) is 0 Å². The molecule has 7 nitrogen and oxygen atoms in total. The van der Waals surface area contributed by atoms with Crippen molar-refractivity contribution in [2.75, 3.05) is 18.1 Å². The Morgan fingerprint density at radius 2 is 1.85 bits per heavy atom. The molecule has 10 heteroatoms. The predicted octanol–water partition coefficient (Wildman–Crippen LogP) is 2.81. The standard InChI is InChI=1S/C16H19Cl2NO6S/c1-2-8(6-26-7-10(19)16(23)24)15(22)9-3-4-11(14(18)13(9)17)25-5-12(20)21/h3-4,8,10H,2,5-7,19H2,1H3,(H,20,21)(H,23,24)/t8?,10-/m0/s1. The van der Waals surface area contributed by atoms with E-state index >= 15 is 0 Å². The molecular formula is C16H19Cl2NO6S. The van der Waals surface area contributed by atoms with E-state index in [1.54, 1.807) is 0 Å².